The Morgan fingerprint density at radius 3 is 2.51 bits per heavy atom. The molecule has 2 aliphatic carbocycles. The van der Waals surface area contributed by atoms with Crippen LogP contribution in [0.5, 0.6) is 0 Å². The Kier molecular flexibility index (Phi) is 7.36. The third-order valence-electron chi connectivity index (χ3n) is 8.12. The number of carbonyl (C=O) groups excluding carboxylic acids is 1. The lowest BCUT2D eigenvalue weighted by Crippen LogP contribution is -2.45. The fourth-order valence-corrected chi connectivity index (χ4v) is 7.79. The van der Waals surface area contributed by atoms with Gasteiger partial charge in [-0.05, 0) is 43.0 Å². The number of nitrogens with zero attached hydrogens (tertiary/aromatic N) is 4. The maximum absolute atomic E-state index is 14.9. The molecule has 1 aliphatic heterocycles. The van der Waals surface area contributed by atoms with Crippen LogP contribution in [0.1, 0.15) is 43.7 Å². The number of aromatic nitrogens is 2. The molecule has 2 saturated carbocycles. The number of rotatable bonds is 6. The monoisotopic (exact) mass is 599 g/mol. The van der Waals surface area contributed by atoms with Gasteiger partial charge in [0.15, 0.2) is 0 Å². The maximum atomic E-state index is 14.9. The van der Waals surface area contributed by atoms with Gasteiger partial charge < -0.3 is 10.2 Å². The summed E-state index contributed by atoms with van der Waals surface area (Å²) in [4.78, 5) is 24.9. The molecule has 3 heterocycles. The third kappa shape index (κ3) is 5.88. The Morgan fingerprint density at radius 2 is 1.85 bits per heavy atom. The van der Waals surface area contributed by atoms with Crippen molar-refractivity contribution in [3.63, 3.8) is 0 Å². The number of benzene rings is 1. The minimum absolute atomic E-state index is 0.0336. The molecular formula is C29H28F3N5O2S2. The van der Waals surface area contributed by atoms with E-state index in [1.165, 1.54) is 23.6 Å². The van der Waals surface area contributed by atoms with Crippen LogP contribution in [0.25, 0.3) is 21.0 Å². The van der Waals surface area contributed by atoms with Gasteiger partial charge in [0.2, 0.25) is 11.8 Å². The van der Waals surface area contributed by atoms with Gasteiger partial charge in [0, 0.05) is 77.5 Å². The van der Waals surface area contributed by atoms with Gasteiger partial charge in [-0.3, -0.25) is 14.0 Å². The molecular weight excluding hydrogens is 571 g/mol. The highest BCUT2D eigenvalue weighted by atomic mass is 32.2. The van der Waals surface area contributed by atoms with Crippen molar-refractivity contribution < 1.29 is 22.2 Å². The zero-order valence-corrected chi connectivity index (χ0v) is 23.7. The summed E-state index contributed by atoms with van der Waals surface area (Å²) in [5, 5.41) is 12.7. The Morgan fingerprint density at radius 1 is 1.12 bits per heavy atom. The molecule has 12 heteroatoms. The minimum Gasteiger partial charge on any atom is -0.370 e. The molecule has 1 aromatic carbocycles. The zero-order valence-electron chi connectivity index (χ0n) is 22.1. The standard InChI is InChI=1S/C29H28F3N5O2S2/c30-20-13-19(15-34-16-20)27-35-24(23-14-29(31,32)6-5-22(23)26(38)36-28(17-33)7-8-28)25(40-27)18-1-3-21(4-2-18)37-9-11-41(39)12-10-37/h1-4,13,15-16,22-23H,5-12,14H2,(H,36,38)/t22?,23-/m1/s1. The molecule has 2 aromatic heterocycles. The molecule has 1 amide bonds. The number of halogens is 3. The second-order valence-corrected chi connectivity index (χ2v) is 13.7. The second kappa shape index (κ2) is 10.8. The predicted octanol–water partition coefficient (Wildman–Crippen LogP) is 5.27. The number of hydrogen-bond donors (Lipinski definition) is 1. The second-order valence-electron chi connectivity index (χ2n) is 11.0. The van der Waals surface area contributed by atoms with Gasteiger partial charge in [0.25, 0.3) is 0 Å². The average molecular weight is 600 g/mol. The van der Waals surface area contributed by atoms with Crippen LogP contribution in [0.15, 0.2) is 42.7 Å². The van der Waals surface area contributed by atoms with Crippen molar-refractivity contribution in [1.82, 2.24) is 15.3 Å². The summed E-state index contributed by atoms with van der Waals surface area (Å²) in [6, 6.07) is 11.1. The Balaban J connectivity index is 1.39. The van der Waals surface area contributed by atoms with Gasteiger partial charge in [-0.25, -0.2) is 18.2 Å². The fraction of sp³-hybridized carbons (Fsp3) is 0.448. The molecule has 1 saturated heterocycles. The Hall–Kier alpha value is -3.30. The number of alkyl halides is 2. The summed E-state index contributed by atoms with van der Waals surface area (Å²) in [5.41, 5.74) is 1.60. The zero-order chi connectivity index (χ0) is 28.8. The molecule has 2 atom stereocenters. The van der Waals surface area contributed by atoms with Crippen molar-refractivity contribution >= 4 is 33.7 Å². The van der Waals surface area contributed by atoms with Crippen LogP contribution in [0.4, 0.5) is 18.9 Å². The summed E-state index contributed by atoms with van der Waals surface area (Å²) >= 11 is 1.25. The highest BCUT2D eigenvalue weighted by molar-refractivity contribution is 7.85. The van der Waals surface area contributed by atoms with Crippen molar-refractivity contribution in [3.8, 4) is 27.1 Å². The quantitative estimate of drug-likeness (QED) is 0.415. The molecule has 0 bridgehead atoms. The summed E-state index contributed by atoms with van der Waals surface area (Å²) in [5.74, 6) is -4.39. The van der Waals surface area contributed by atoms with Crippen molar-refractivity contribution in [2.24, 2.45) is 5.92 Å². The molecule has 0 radical (unpaired) electrons. The molecule has 6 rings (SSSR count). The fourth-order valence-electron chi connectivity index (χ4n) is 5.62. The average Bonchev–Trinajstić information content (AvgIpc) is 3.59. The van der Waals surface area contributed by atoms with Gasteiger partial charge in [-0.15, -0.1) is 11.3 Å². The Bertz CT molecular complexity index is 1520. The van der Waals surface area contributed by atoms with Crippen molar-refractivity contribution in [3.05, 3.63) is 54.2 Å². The molecule has 3 fully saturated rings. The number of anilines is 1. The van der Waals surface area contributed by atoms with Crippen LogP contribution in [-0.2, 0) is 15.6 Å². The maximum Gasteiger partial charge on any atom is 0.248 e. The largest absolute Gasteiger partial charge is 0.370 e. The summed E-state index contributed by atoms with van der Waals surface area (Å²) in [6.45, 7) is 1.37. The van der Waals surface area contributed by atoms with Crippen LogP contribution >= 0.6 is 11.3 Å². The number of thiazole rings is 1. The first kappa shape index (κ1) is 27.8. The minimum atomic E-state index is -2.98. The molecule has 3 aliphatic rings. The number of nitriles is 1. The summed E-state index contributed by atoms with van der Waals surface area (Å²) in [6.07, 6.45) is 2.64. The number of nitrogens with one attached hydrogen (secondary N) is 1. The van der Waals surface area contributed by atoms with E-state index in [1.807, 2.05) is 24.3 Å². The molecule has 1 unspecified atom stereocenters. The number of pyridine rings is 1. The first-order valence-electron chi connectivity index (χ1n) is 13.6. The first-order valence-corrected chi connectivity index (χ1v) is 15.9. The van der Waals surface area contributed by atoms with Crippen molar-refractivity contribution in [2.75, 3.05) is 29.5 Å². The molecule has 214 valence electrons. The third-order valence-corrected chi connectivity index (χ3v) is 10.6. The van der Waals surface area contributed by atoms with Gasteiger partial charge in [-0.1, -0.05) is 12.1 Å². The van der Waals surface area contributed by atoms with E-state index in [1.54, 1.807) is 0 Å². The lowest BCUT2D eigenvalue weighted by atomic mass is 9.74. The lowest BCUT2D eigenvalue weighted by Gasteiger charge is -2.35. The van der Waals surface area contributed by atoms with Crippen LogP contribution < -0.4 is 10.2 Å². The topological polar surface area (TPSA) is 99.0 Å². The van der Waals surface area contributed by atoms with Gasteiger partial charge >= 0.3 is 0 Å². The lowest BCUT2D eigenvalue weighted by molar-refractivity contribution is -0.131. The van der Waals surface area contributed by atoms with Crippen LogP contribution in [0, 0.1) is 23.1 Å². The number of carbonyl (C=O) groups is 1. The smallest absolute Gasteiger partial charge is 0.248 e. The van der Waals surface area contributed by atoms with E-state index in [-0.39, 0.29) is 6.42 Å². The van der Waals surface area contributed by atoms with E-state index >= 15 is 0 Å². The molecule has 3 aromatic rings. The first-order chi connectivity index (χ1) is 19.7. The highest BCUT2D eigenvalue weighted by Gasteiger charge is 2.50. The van der Waals surface area contributed by atoms with E-state index in [2.05, 4.69) is 21.3 Å². The molecule has 1 N–H and O–H groups in total. The van der Waals surface area contributed by atoms with E-state index in [4.69, 9.17) is 4.98 Å². The predicted molar refractivity (Wildman–Crippen MR) is 152 cm³/mol. The Labute approximate surface area is 242 Å². The molecule has 7 nitrogen and oxygen atoms in total. The normalized spacial score (nSPS) is 23.5. The van der Waals surface area contributed by atoms with E-state index in [0.29, 0.717) is 58.6 Å². The van der Waals surface area contributed by atoms with Crippen molar-refractivity contribution in [2.45, 2.75) is 49.5 Å². The SMILES string of the molecule is N#CC1(NC(=O)C2CCC(F)(F)C[C@H]2c2nc(-c3cncc(F)c3)sc2-c2ccc(N3CCS(=O)CC3)cc2)CC1. The summed E-state index contributed by atoms with van der Waals surface area (Å²) < 4.78 is 55.6. The van der Waals surface area contributed by atoms with Gasteiger partial charge in [0.1, 0.15) is 16.4 Å². The summed E-state index contributed by atoms with van der Waals surface area (Å²) in [7, 11) is -0.801. The van der Waals surface area contributed by atoms with E-state index < -0.39 is 58.7 Å². The van der Waals surface area contributed by atoms with Crippen LogP contribution in [-0.4, -0.2) is 56.1 Å². The van der Waals surface area contributed by atoms with Crippen molar-refractivity contribution in [1.29, 1.82) is 5.26 Å². The van der Waals surface area contributed by atoms with Crippen LogP contribution in [0.3, 0.4) is 0 Å². The van der Waals surface area contributed by atoms with Crippen LogP contribution in [0.2, 0.25) is 0 Å². The van der Waals surface area contributed by atoms with E-state index in [0.717, 1.165) is 17.4 Å². The number of hydrogen-bond acceptors (Lipinski definition) is 7. The highest BCUT2D eigenvalue weighted by Crippen LogP contribution is 2.50. The van der Waals surface area contributed by atoms with Gasteiger partial charge in [0.05, 0.1) is 22.8 Å². The molecule has 0 spiro atoms. The molecule has 41 heavy (non-hydrogen) atoms. The van der Waals surface area contributed by atoms with Gasteiger partial charge in [-0.2, -0.15) is 5.26 Å². The number of amides is 1. The van der Waals surface area contributed by atoms with E-state index in [9.17, 15) is 27.4 Å².